The van der Waals surface area contributed by atoms with Gasteiger partial charge in [-0.25, -0.2) is 4.99 Å². The molecule has 152 valence electrons. The van der Waals surface area contributed by atoms with E-state index in [1.807, 2.05) is 20.8 Å². The summed E-state index contributed by atoms with van der Waals surface area (Å²) in [6.07, 6.45) is 0. The summed E-state index contributed by atoms with van der Waals surface area (Å²) in [7, 11) is 0. The first-order chi connectivity index (χ1) is 13.4. The summed E-state index contributed by atoms with van der Waals surface area (Å²) in [5, 5.41) is 5.68. The van der Waals surface area contributed by atoms with E-state index in [2.05, 4.69) is 15.1 Å². The lowest BCUT2D eigenvalue weighted by atomic mass is 9.86. The highest BCUT2D eigenvalue weighted by atomic mass is 35.5. The molecule has 0 saturated heterocycles. The molecular weight excluding hydrogens is 419 g/mol. The largest absolute Gasteiger partial charge is 0.426 e. The number of carbonyl (C=O) groups excluding carboxylic acids is 3. The minimum Gasteiger partial charge on any atom is -0.426 e. The van der Waals surface area contributed by atoms with Crippen LogP contribution >= 0.6 is 23.2 Å². The van der Waals surface area contributed by atoms with Crippen LogP contribution in [0.15, 0.2) is 27.2 Å². The fourth-order valence-corrected chi connectivity index (χ4v) is 3.31. The van der Waals surface area contributed by atoms with Crippen molar-refractivity contribution >= 4 is 64.4 Å². The van der Waals surface area contributed by atoms with Crippen LogP contribution in [0.4, 0.5) is 5.69 Å². The molecule has 2 aliphatic heterocycles. The fraction of sp³-hybridized carbons (Fsp3) is 0.368. The molecule has 0 atom stereocenters. The molecule has 1 aromatic rings. The quantitative estimate of drug-likeness (QED) is 0.530. The van der Waals surface area contributed by atoms with Crippen LogP contribution in [0.3, 0.4) is 0 Å². The Balaban J connectivity index is 2.19. The second-order valence-corrected chi connectivity index (χ2v) is 8.91. The summed E-state index contributed by atoms with van der Waals surface area (Å²) in [6, 6.07) is 2.89. The van der Waals surface area contributed by atoms with Gasteiger partial charge in [0.1, 0.15) is 11.1 Å². The maximum atomic E-state index is 12.8. The SMILES string of the molecule is CC(C)(C)C1=NN2C(=O)C(C)(C)C(=O)N=C2C1=Nc1cc(Cl)c(OC=O)c(Cl)c1. The standard InChI is InChI=1S/C19H18Cl2N4O4/c1-18(2,3)14-12(15-23-16(27)19(4,5)17(28)25(15)24-14)22-9-6-10(20)13(29-8-26)11(21)7-9/h6-8H,1-5H3. The van der Waals surface area contributed by atoms with E-state index in [1.54, 1.807) is 0 Å². The predicted octanol–water partition coefficient (Wildman–Crippen LogP) is 3.81. The van der Waals surface area contributed by atoms with E-state index in [0.717, 1.165) is 5.01 Å². The van der Waals surface area contributed by atoms with Crippen molar-refractivity contribution in [3.05, 3.63) is 22.2 Å². The first-order valence-corrected chi connectivity index (χ1v) is 9.39. The first-order valence-electron chi connectivity index (χ1n) is 8.63. The average Bonchev–Trinajstić information content (AvgIpc) is 2.95. The van der Waals surface area contributed by atoms with Crippen LogP contribution in [0.2, 0.25) is 10.0 Å². The molecule has 0 radical (unpaired) electrons. The molecular formula is C19H18Cl2N4O4. The van der Waals surface area contributed by atoms with E-state index in [9.17, 15) is 14.4 Å². The minimum atomic E-state index is -1.31. The highest BCUT2D eigenvalue weighted by molar-refractivity contribution is 6.73. The van der Waals surface area contributed by atoms with Crippen molar-refractivity contribution in [1.82, 2.24) is 5.01 Å². The Kier molecular flexibility index (Phi) is 5.13. The van der Waals surface area contributed by atoms with Crippen LogP contribution in [-0.4, -0.2) is 40.6 Å². The topological polar surface area (TPSA) is 101 Å². The van der Waals surface area contributed by atoms with Crippen molar-refractivity contribution in [2.24, 2.45) is 25.9 Å². The summed E-state index contributed by atoms with van der Waals surface area (Å²) < 4.78 is 4.77. The Hall–Kier alpha value is -2.58. The zero-order chi connectivity index (χ0) is 21.7. The number of hydrogen-bond acceptors (Lipinski definition) is 6. The summed E-state index contributed by atoms with van der Waals surface area (Å²) in [6.45, 7) is 8.93. The van der Waals surface area contributed by atoms with E-state index in [0.29, 0.717) is 11.4 Å². The van der Waals surface area contributed by atoms with E-state index in [-0.39, 0.29) is 33.8 Å². The highest BCUT2D eigenvalue weighted by Crippen LogP contribution is 2.38. The normalized spacial score (nSPS) is 19.8. The van der Waals surface area contributed by atoms with Crippen LogP contribution in [0.5, 0.6) is 5.75 Å². The second kappa shape index (κ2) is 7.03. The van der Waals surface area contributed by atoms with Crippen LogP contribution in [0, 0.1) is 10.8 Å². The van der Waals surface area contributed by atoms with E-state index < -0.39 is 22.6 Å². The zero-order valence-electron chi connectivity index (χ0n) is 16.4. The lowest BCUT2D eigenvalue weighted by Gasteiger charge is -2.28. The van der Waals surface area contributed by atoms with Gasteiger partial charge in [0.25, 0.3) is 18.3 Å². The van der Waals surface area contributed by atoms with E-state index >= 15 is 0 Å². The maximum Gasteiger partial charge on any atom is 0.298 e. The molecule has 0 N–H and O–H groups in total. The Labute approximate surface area is 177 Å². The van der Waals surface area contributed by atoms with Crippen molar-refractivity contribution in [1.29, 1.82) is 0 Å². The molecule has 2 aliphatic rings. The monoisotopic (exact) mass is 436 g/mol. The van der Waals surface area contributed by atoms with Crippen LogP contribution in [-0.2, 0) is 14.4 Å². The Bertz CT molecular complexity index is 1010. The number of benzene rings is 1. The number of carbonyl (C=O) groups is 3. The van der Waals surface area contributed by atoms with E-state index in [4.69, 9.17) is 27.9 Å². The van der Waals surface area contributed by atoms with Crippen molar-refractivity contribution in [2.45, 2.75) is 34.6 Å². The second-order valence-electron chi connectivity index (χ2n) is 8.09. The van der Waals surface area contributed by atoms with Gasteiger partial charge in [-0.1, -0.05) is 44.0 Å². The van der Waals surface area contributed by atoms with Crippen molar-refractivity contribution in [2.75, 3.05) is 0 Å². The number of amidine groups is 1. The summed E-state index contributed by atoms with van der Waals surface area (Å²) in [4.78, 5) is 44.4. The number of aliphatic imine (C=N–C) groups is 2. The van der Waals surface area contributed by atoms with Crippen LogP contribution < -0.4 is 4.74 Å². The molecule has 0 unspecified atom stereocenters. The van der Waals surface area contributed by atoms with Gasteiger partial charge >= 0.3 is 0 Å². The Morgan fingerprint density at radius 1 is 1.17 bits per heavy atom. The fourth-order valence-electron chi connectivity index (χ4n) is 2.74. The number of hydrazone groups is 1. The van der Waals surface area contributed by atoms with E-state index in [1.165, 1.54) is 26.0 Å². The number of rotatable bonds is 3. The van der Waals surface area contributed by atoms with Gasteiger partial charge in [0.05, 0.1) is 21.4 Å². The minimum absolute atomic E-state index is 0.00663. The molecule has 0 fully saturated rings. The smallest absolute Gasteiger partial charge is 0.298 e. The molecule has 10 heteroatoms. The summed E-state index contributed by atoms with van der Waals surface area (Å²) >= 11 is 12.3. The number of nitrogens with zero attached hydrogens (tertiary/aromatic N) is 4. The molecule has 0 spiro atoms. The molecule has 3 rings (SSSR count). The van der Waals surface area contributed by atoms with Crippen LogP contribution in [0.1, 0.15) is 34.6 Å². The lowest BCUT2D eigenvalue weighted by Crippen LogP contribution is -2.49. The van der Waals surface area contributed by atoms with Gasteiger partial charge in [-0.2, -0.15) is 15.1 Å². The van der Waals surface area contributed by atoms with Gasteiger partial charge in [-0.05, 0) is 26.0 Å². The molecule has 8 nitrogen and oxygen atoms in total. The number of halogens is 2. The van der Waals surface area contributed by atoms with Gasteiger partial charge in [0.15, 0.2) is 11.6 Å². The van der Waals surface area contributed by atoms with Gasteiger partial charge < -0.3 is 4.74 Å². The molecule has 2 amide bonds. The lowest BCUT2D eigenvalue weighted by molar-refractivity contribution is -0.145. The third kappa shape index (κ3) is 3.58. The highest BCUT2D eigenvalue weighted by Gasteiger charge is 2.50. The number of fused-ring (bicyclic) bond motifs is 1. The number of ether oxygens (including phenoxy) is 1. The molecule has 0 aliphatic carbocycles. The summed E-state index contributed by atoms with van der Waals surface area (Å²) in [5.41, 5.74) is -0.743. The third-order valence-electron chi connectivity index (χ3n) is 4.41. The maximum absolute atomic E-state index is 12.8. The molecule has 0 aromatic heterocycles. The molecule has 0 bridgehead atoms. The van der Waals surface area contributed by atoms with Gasteiger partial charge in [-0.15, -0.1) is 0 Å². The summed E-state index contributed by atoms with van der Waals surface area (Å²) in [5.74, 6) is -0.986. The van der Waals surface area contributed by atoms with Crippen molar-refractivity contribution < 1.29 is 19.1 Å². The van der Waals surface area contributed by atoms with Crippen molar-refractivity contribution in [3.63, 3.8) is 0 Å². The first kappa shape index (κ1) is 21.1. The Morgan fingerprint density at radius 3 is 2.28 bits per heavy atom. The predicted molar refractivity (Wildman–Crippen MR) is 110 cm³/mol. The Morgan fingerprint density at radius 2 is 1.76 bits per heavy atom. The van der Waals surface area contributed by atoms with Gasteiger partial charge in [0.2, 0.25) is 0 Å². The molecule has 29 heavy (non-hydrogen) atoms. The molecule has 2 heterocycles. The van der Waals surface area contributed by atoms with Gasteiger partial charge in [0, 0.05) is 5.41 Å². The number of amides is 2. The third-order valence-corrected chi connectivity index (χ3v) is 4.97. The van der Waals surface area contributed by atoms with Gasteiger partial charge in [-0.3, -0.25) is 14.4 Å². The van der Waals surface area contributed by atoms with Crippen LogP contribution in [0.25, 0.3) is 0 Å². The zero-order valence-corrected chi connectivity index (χ0v) is 17.9. The molecule has 1 aromatic carbocycles. The number of hydrogen-bond donors (Lipinski definition) is 0. The molecule has 0 saturated carbocycles. The van der Waals surface area contributed by atoms with Crippen molar-refractivity contribution in [3.8, 4) is 5.75 Å². The average molecular weight is 437 g/mol.